The lowest BCUT2D eigenvalue weighted by Gasteiger charge is -2.53. The van der Waals surface area contributed by atoms with E-state index in [0.29, 0.717) is 18.7 Å². The van der Waals surface area contributed by atoms with Crippen molar-refractivity contribution in [3.05, 3.63) is 33.9 Å². The maximum Gasteiger partial charge on any atom is 0.330 e. The number of carbonyl (C=O) groups excluding carboxylic acids is 3. The van der Waals surface area contributed by atoms with Gasteiger partial charge in [0.15, 0.2) is 5.41 Å². The van der Waals surface area contributed by atoms with E-state index in [0.717, 1.165) is 17.1 Å². The summed E-state index contributed by atoms with van der Waals surface area (Å²) in [5.41, 5.74) is -0.183. The van der Waals surface area contributed by atoms with Gasteiger partial charge >= 0.3 is 6.03 Å². The van der Waals surface area contributed by atoms with Crippen LogP contribution in [-0.2, 0) is 16.0 Å². The number of barbiturate groups is 1. The van der Waals surface area contributed by atoms with Gasteiger partial charge in [0.2, 0.25) is 11.8 Å². The van der Waals surface area contributed by atoms with E-state index < -0.39 is 34.2 Å². The Hall–Kier alpha value is -3.01. The number of likely N-dealkylation sites (N-methyl/N-ethyl adjacent to an activating group) is 1. The molecule has 1 aromatic rings. The summed E-state index contributed by atoms with van der Waals surface area (Å²) in [6, 6.07) is 3.38. The van der Waals surface area contributed by atoms with Gasteiger partial charge in [-0.2, -0.15) is 0 Å². The lowest BCUT2D eigenvalue weighted by atomic mass is 9.67. The van der Waals surface area contributed by atoms with Crippen molar-refractivity contribution in [1.82, 2.24) is 10.2 Å². The van der Waals surface area contributed by atoms with Gasteiger partial charge < -0.3 is 9.80 Å². The molecule has 27 heavy (non-hydrogen) atoms. The molecule has 2 saturated heterocycles. The van der Waals surface area contributed by atoms with Crippen LogP contribution in [0.15, 0.2) is 18.2 Å². The molecule has 0 saturated carbocycles. The molecule has 0 radical (unpaired) electrons. The molecule has 1 unspecified atom stereocenters. The molecule has 142 valence electrons. The maximum atomic E-state index is 13.2. The number of carbonyl (C=O) groups is 3. The number of anilines is 1. The quantitative estimate of drug-likeness (QED) is 0.353. The molecule has 0 aliphatic carbocycles. The summed E-state index contributed by atoms with van der Waals surface area (Å²) in [5, 5.41) is 13.5. The first-order chi connectivity index (χ1) is 12.8. The van der Waals surface area contributed by atoms with Gasteiger partial charge in [-0.3, -0.25) is 29.9 Å². The molecule has 2 fully saturated rings. The van der Waals surface area contributed by atoms with E-state index in [9.17, 15) is 24.5 Å². The molecule has 2 N–H and O–H groups in total. The number of fused-ring (bicyclic) bond motifs is 4. The van der Waals surface area contributed by atoms with Gasteiger partial charge in [0.25, 0.3) is 5.69 Å². The fraction of sp³-hybridized carbons (Fsp3) is 0.471. The first kappa shape index (κ1) is 17.4. The SMILES string of the molecule is CN1C(=O)NC(=O)[C@]2(Cc3cc([N+](=O)[O-])ccc3N3CC[NH+](C)C[C@H]32)C1=O. The molecule has 3 aliphatic rings. The molecule has 3 aliphatic heterocycles. The number of piperazine rings is 1. The second-order valence-electron chi connectivity index (χ2n) is 7.46. The molecular formula is C17H20N5O5+. The van der Waals surface area contributed by atoms with Crippen molar-refractivity contribution in [2.45, 2.75) is 12.5 Å². The van der Waals surface area contributed by atoms with E-state index in [4.69, 9.17) is 0 Å². The molecule has 1 aromatic carbocycles. The lowest BCUT2D eigenvalue weighted by molar-refractivity contribution is -0.883. The van der Waals surface area contributed by atoms with Crippen molar-refractivity contribution < 1.29 is 24.2 Å². The fourth-order valence-corrected chi connectivity index (χ4v) is 4.49. The van der Waals surface area contributed by atoms with Gasteiger partial charge in [-0.15, -0.1) is 0 Å². The van der Waals surface area contributed by atoms with Crippen LogP contribution >= 0.6 is 0 Å². The third kappa shape index (κ3) is 2.33. The monoisotopic (exact) mass is 374 g/mol. The van der Waals surface area contributed by atoms with Crippen molar-refractivity contribution >= 4 is 29.2 Å². The number of amides is 4. The number of hydrogen-bond acceptors (Lipinski definition) is 6. The number of rotatable bonds is 1. The summed E-state index contributed by atoms with van der Waals surface area (Å²) in [5.74, 6) is -1.18. The minimum atomic E-state index is -1.48. The second kappa shape index (κ2) is 5.74. The number of hydrogen-bond donors (Lipinski definition) is 2. The van der Waals surface area contributed by atoms with Gasteiger partial charge in [-0.05, 0) is 11.6 Å². The number of nitrogens with one attached hydrogen (secondary N) is 2. The Bertz CT molecular complexity index is 886. The largest absolute Gasteiger partial charge is 0.355 e. The molecular weight excluding hydrogens is 354 g/mol. The van der Waals surface area contributed by atoms with E-state index >= 15 is 0 Å². The average Bonchev–Trinajstić information content (AvgIpc) is 2.64. The number of benzene rings is 1. The Balaban J connectivity index is 1.90. The van der Waals surface area contributed by atoms with Crippen LogP contribution in [0.5, 0.6) is 0 Å². The van der Waals surface area contributed by atoms with Crippen LogP contribution in [0.3, 0.4) is 0 Å². The minimum Gasteiger partial charge on any atom is -0.355 e. The van der Waals surface area contributed by atoms with Crippen molar-refractivity contribution in [2.24, 2.45) is 5.41 Å². The maximum absolute atomic E-state index is 13.2. The summed E-state index contributed by atoms with van der Waals surface area (Å²) in [4.78, 5) is 52.9. The number of urea groups is 1. The van der Waals surface area contributed by atoms with Crippen LogP contribution < -0.4 is 15.1 Å². The Morgan fingerprint density at radius 1 is 1.33 bits per heavy atom. The normalized spacial score (nSPS) is 30.1. The highest BCUT2D eigenvalue weighted by molar-refractivity contribution is 6.20. The summed E-state index contributed by atoms with van der Waals surface area (Å²) in [6.07, 6.45) is 0.0285. The molecule has 3 atom stereocenters. The fourth-order valence-electron chi connectivity index (χ4n) is 4.49. The molecule has 10 nitrogen and oxygen atoms in total. The zero-order valence-corrected chi connectivity index (χ0v) is 15.0. The summed E-state index contributed by atoms with van der Waals surface area (Å²) in [6.45, 7) is 1.98. The highest BCUT2D eigenvalue weighted by Gasteiger charge is 2.63. The van der Waals surface area contributed by atoms with Crippen LogP contribution in [0.4, 0.5) is 16.2 Å². The van der Waals surface area contributed by atoms with Crippen molar-refractivity contribution in [1.29, 1.82) is 0 Å². The zero-order chi connectivity index (χ0) is 19.5. The first-order valence-corrected chi connectivity index (χ1v) is 8.74. The highest BCUT2D eigenvalue weighted by Crippen LogP contribution is 2.45. The van der Waals surface area contributed by atoms with Crippen molar-refractivity contribution in [3.8, 4) is 0 Å². The zero-order valence-electron chi connectivity index (χ0n) is 15.0. The van der Waals surface area contributed by atoms with Crippen LogP contribution in [0.25, 0.3) is 0 Å². The molecule has 1 spiro atoms. The van der Waals surface area contributed by atoms with Crippen LogP contribution in [0, 0.1) is 15.5 Å². The molecule has 0 bridgehead atoms. The Labute approximate surface area is 154 Å². The summed E-state index contributed by atoms with van der Waals surface area (Å²) in [7, 11) is 3.34. The number of nitro benzene ring substituents is 1. The second-order valence-corrected chi connectivity index (χ2v) is 7.46. The first-order valence-electron chi connectivity index (χ1n) is 8.74. The summed E-state index contributed by atoms with van der Waals surface area (Å²) >= 11 is 0. The predicted octanol–water partition coefficient (Wildman–Crippen LogP) is -1.45. The highest BCUT2D eigenvalue weighted by atomic mass is 16.6. The minimum absolute atomic E-state index is 0.0285. The lowest BCUT2D eigenvalue weighted by Crippen LogP contribution is -3.14. The van der Waals surface area contributed by atoms with Crippen molar-refractivity contribution in [2.75, 3.05) is 38.6 Å². The van der Waals surface area contributed by atoms with E-state index in [-0.39, 0.29) is 12.1 Å². The van der Waals surface area contributed by atoms with Gasteiger partial charge in [0.05, 0.1) is 31.6 Å². The van der Waals surface area contributed by atoms with Crippen molar-refractivity contribution in [3.63, 3.8) is 0 Å². The van der Waals surface area contributed by atoms with E-state index in [1.807, 2.05) is 11.9 Å². The molecule has 4 amide bonds. The van der Waals surface area contributed by atoms with E-state index in [1.54, 1.807) is 6.07 Å². The van der Waals surface area contributed by atoms with Crippen LogP contribution in [0.1, 0.15) is 5.56 Å². The number of nitrogens with zero attached hydrogens (tertiary/aromatic N) is 3. The molecule has 3 heterocycles. The predicted molar refractivity (Wildman–Crippen MR) is 93.3 cm³/mol. The third-order valence-corrected chi connectivity index (χ3v) is 5.94. The smallest absolute Gasteiger partial charge is 0.330 e. The number of imide groups is 2. The Morgan fingerprint density at radius 2 is 2.07 bits per heavy atom. The standard InChI is InChI=1S/C17H19N5O5/c1-19-5-6-21-12-4-3-11(22(26)27)7-10(12)8-17(13(21)9-19)14(23)18-16(25)20(2)15(17)24/h3-4,7,13H,5-6,8-9H2,1-2H3,(H,18,23,25)/p+1/t13-,17+/m0/s1. The number of non-ortho nitro benzene ring substituents is 1. The van der Waals surface area contributed by atoms with E-state index in [1.165, 1.54) is 24.1 Å². The number of nitro groups is 1. The molecule has 0 aromatic heterocycles. The number of quaternary nitrogens is 1. The average molecular weight is 374 g/mol. The van der Waals surface area contributed by atoms with Gasteiger partial charge in [-0.25, -0.2) is 4.79 Å². The Kier molecular flexibility index (Phi) is 3.70. The van der Waals surface area contributed by atoms with Gasteiger partial charge in [0.1, 0.15) is 6.04 Å². The van der Waals surface area contributed by atoms with Crippen LogP contribution in [0.2, 0.25) is 0 Å². The van der Waals surface area contributed by atoms with E-state index in [2.05, 4.69) is 5.32 Å². The summed E-state index contributed by atoms with van der Waals surface area (Å²) < 4.78 is 0. The third-order valence-electron chi connectivity index (χ3n) is 5.94. The van der Waals surface area contributed by atoms with Gasteiger partial charge in [0, 0.05) is 31.3 Å². The molecule has 4 rings (SSSR count). The Morgan fingerprint density at radius 3 is 2.78 bits per heavy atom. The molecule has 10 heteroatoms. The topological polar surface area (TPSA) is 117 Å². The van der Waals surface area contributed by atoms with Gasteiger partial charge in [-0.1, -0.05) is 0 Å². The van der Waals surface area contributed by atoms with Crippen LogP contribution in [-0.4, -0.2) is 67.4 Å².